The van der Waals surface area contributed by atoms with Crippen molar-refractivity contribution >= 4 is 5.97 Å². The molecule has 0 N–H and O–H groups in total. The van der Waals surface area contributed by atoms with Gasteiger partial charge in [0.05, 0.1) is 19.4 Å². The molecule has 0 saturated carbocycles. The van der Waals surface area contributed by atoms with Gasteiger partial charge in [-0.25, -0.2) is 0 Å². The van der Waals surface area contributed by atoms with Crippen LogP contribution in [0.2, 0.25) is 0 Å². The summed E-state index contributed by atoms with van der Waals surface area (Å²) in [5, 5.41) is 7.79. The molecule has 0 amide bonds. The first-order chi connectivity index (χ1) is 7.76. The average Bonchev–Trinajstić information content (AvgIpc) is 2.76. The fourth-order valence-corrected chi connectivity index (χ4v) is 1.05. The Morgan fingerprint density at radius 2 is 2.25 bits per heavy atom. The number of nitrogens with zero attached hydrogens (tertiary/aromatic N) is 3. The van der Waals surface area contributed by atoms with E-state index in [9.17, 15) is 4.79 Å². The van der Waals surface area contributed by atoms with E-state index in [0.717, 1.165) is 12.2 Å². The molecule has 0 aromatic carbocycles. The molecule has 1 heterocycles. The number of carbonyl (C=O) groups is 1. The van der Waals surface area contributed by atoms with Gasteiger partial charge in [-0.2, -0.15) is 0 Å². The minimum atomic E-state index is -0.208. The summed E-state index contributed by atoms with van der Waals surface area (Å²) < 4.78 is 11.9. The van der Waals surface area contributed by atoms with Crippen LogP contribution < -0.4 is 0 Å². The van der Waals surface area contributed by atoms with Gasteiger partial charge in [-0.05, 0) is 6.92 Å². The van der Waals surface area contributed by atoms with Crippen molar-refractivity contribution in [3.8, 4) is 0 Å². The molecule has 16 heavy (non-hydrogen) atoms. The highest BCUT2D eigenvalue weighted by Gasteiger charge is 2.00. The first-order valence-electron chi connectivity index (χ1n) is 5.38. The Bertz CT molecular complexity index is 325. The van der Waals surface area contributed by atoms with Crippen molar-refractivity contribution in [1.29, 1.82) is 0 Å². The maximum absolute atomic E-state index is 10.8. The first-order valence-corrected chi connectivity index (χ1v) is 5.38. The van der Waals surface area contributed by atoms with Gasteiger partial charge in [0.15, 0.2) is 0 Å². The summed E-state index contributed by atoms with van der Waals surface area (Å²) >= 11 is 0. The van der Waals surface area contributed by atoms with Crippen molar-refractivity contribution in [1.82, 2.24) is 15.0 Å². The van der Waals surface area contributed by atoms with E-state index in [2.05, 4.69) is 10.3 Å². The lowest BCUT2D eigenvalue weighted by Gasteiger charge is -2.03. The minimum Gasteiger partial charge on any atom is -0.463 e. The van der Waals surface area contributed by atoms with Gasteiger partial charge in [0.2, 0.25) is 0 Å². The Labute approximate surface area is 94.5 Å². The molecule has 0 bridgehead atoms. The second kappa shape index (κ2) is 6.95. The number of hydrogen-bond donors (Lipinski definition) is 0. The highest BCUT2D eigenvalue weighted by atomic mass is 16.6. The monoisotopic (exact) mass is 227 g/mol. The van der Waals surface area contributed by atoms with E-state index < -0.39 is 0 Å². The second-order valence-corrected chi connectivity index (χ2v) is 3.19. The quantitative estimate of drug-likeness (QED) is 0.508. The van der Waals surface area contributed by atoms with Gasteiger partial charge in [-0.3, -0.25) is 9.48 Å². The molecule has 1 aromatic rings. The predicted octanol–water partition coefficient (Wildman–Crippen LogP) is 0.768. The molecule has 0 spiro atoms. The average molecular weight is 227 g/mol. The molecule has 0 saturated heterocycles. The molecule has 0 radical (unpaired) electrons. The fourth-order valence-electron chi connectivity index (χ4n) is 1.05. The normalized spacial score (nSPS) is 10.4. The Balaban J connectivity index is 2.09. The lowest BCUT2D eigenvalue weighted by Crippen LogP contribution is -2.09. The zero-order valence-corrected chi connectivity index (χ0v) is 9.68. The molecule has 1 aromatic heterocycles. The van der Waals surface area contributed by atoms with E-state index in [1.54, 1.807) is 11.6 Å². The van der Waals surface area contributed by atoms with E-state index in [1.807, 2.05) is 13.1 Å². The van der Waals surface area contributed by atoms with Gasteiger partial charge in [0.25, 0.3) is 0 Å². The number of rotatable bonds is 7. The van der Waals surface area contributed by atoms with Crippen LogP contribution in [0.5, 0.6) is 0 Å². The van der Waals surface area contributed by atoms with Crippen LogP contribution in [-0.4, -0.2) is 34.2 Å². The third-order valence-electron chi connectivity index (χ3n) is 1.94. The molecule has 0 fully saturated rings. The summed E-state index contributed by atoms with van der Waals surface area (Å²) in [5.41, 5.74) is 0.781. The highest BCUT2D eigenvalue weighted by Crippen LogP contribution is 1.96. The van der Waals surface area contributed by atoms with E-state index in [4.69, 9.17) is 9.47 Å². The standard InChI is InChI=1S/C10H17N3O3/c1-3-10(14)16-6-5-15-8-9-7-13(4-2)12-11-9/h7H,3-6,8H2,1-2H3. The fraction of sp³-hybridized carbons (Fsp3) is 0.700. The molecule has 1 rings (SSSR count). The Kier molecular flexibility index (Phi) is 5.49. The summed E-state index contributed by atoms with van der Waals surface area (Å²) in [5.74, 6) is -0.208. The van der Waals surface area contributed by atoms with Crippen LogP contribution in [0.15, 0.2) is 6.20 Å². The largest absolute Gasteiger partial charge is 0.463 e. The van der Waals surface area contributed by atoms with Crippen molar-refractivity contribution in [2.75, 3.05) is 13.2 Å². The molecule has 6 nitrogen and oxygen atoms in total. The van der Waals surface area contributed by atoms with Gasteiger partial charge in [-0.1, -0.05) is 12.1 Å². The van der Waals surface area contributed by atoms with Gasteiger partial charge in [0.1, 0.15) is 12.3 Å². The topological polar surface area (TPSA) is 66.2 Å². The van der Waals surface area contributed by atoms with Crippen molar-refractivity contribution < 1.29 is 14.3 Å². The van der Waals surface area contributed by atoms with Gasteiger partial charge in [0, 0.05) is 13.0 Å². The maximum Gasteiger partial charge on any atom is 0.305 e. The van der Waals surface area contributed by atoms with Crippen LogP contribution in [0, 0.1) is 0 Å². The molecule has 0 aliphatic heterocycles. The lowest BCUT2D eigenvalue weighted by atomic mass is 10.5. The lowest BCUT2D eigenvalue weighted by molar-refractivity contribution is -0.144. The van der Waals surface area contributed by atoms with Crippen LogP contribution in [0.3, 0.4) is 0 Å². The second-order valence-electron chi connectivity index (χ2n) is 3.19. The summed E-state index contributed by atoms with van der Waals surface area (Å²) in [7, 11) is 0. The zero-order valence-electron chi connectivity index (χ0n) is 9.68. The third-order valence-corrected chi connectivity index (χ3v) is 1.94. The molecule has 0 aliphatic carbocycles. The molecule has 0 atom stereocenters. The first kappa shape index (κ1) is 12.6. The molecular weight excluding hydrogens is 210 g/mol. The maximum atomic E-state index is 10.8. The van der Waals surface area contributed by atoms with Gasteiger partial charge in [-0.15, -0.1) is 5.10 Å². The van der Waals surface area contributed by atoms with E-state index in [-0.39, 0.29) is 12.6 Å². The van der Waals surface area contributed by atoms with Crippen LogP contribution in [0.25, 0.3) is 0 Å². The Morgan fingerprint density at radius 1 is 1.44 bits per heavy atom. The van der Waals surface area contributed by atoms with E-state index in [1.165, 1.54) is 0 Å². The van der Waals surface area contributed by atoms with Crippen LogP contribution in [0.4, 0.5) is 0 Å². The minimum absolute atomic E-state index is 0.208. The SMILES string of the molecule is CCC(=O)OCCOCc1cn(CC)nn1. The van der Waals surface area contributed by atoms with Crippen molar-refractivity contribution in [2.24, 2.45) is 0 Å². The highest BCUT2D eigenvalue weighted by molar-refractivity contribution is 5.68. The number of aromatic nitrogens is 3. The van der Waals surface area contributed by atoms with E-state index in [0.29, 0.717) is 19.6 Å². The summed E-state index contributed by atoms with van der Waals surface area (Å²) in [4.78, 5) is 10.8. The number of carbonyl (C=O) groups excluding carboxylic acids is 1. The smallest absolute Gasteiger partial charge is 0.305 e. The number of esters is 1. The number of aryl methyl sites for hydroxylation is 1. The zero-order chi connectivity index (χ0) is 11.8. The van der Waals surface area contributed by atoms with Crippen molar-refractivity contribution in [3.05, 3.63) is 11.9 Å². The molecule has 0 aliphatic rings. The summed E-state index contributed by atoms with van der Waals surface area (Å²) in [6, 6.07) is 0. The Hall–Kier alpha value is -1.43. The molecule has 90 valence electrons. The van der Waals surface area contributed by atoms with E-state index >= 15 is 0 Å². The predicted molar refractivity (Wildman–Crippen MR) is 56.6 cm³/mol. The van der Waals surface area contributed by atoms with Crippen LogP contribution in [0.1, 0.15) is 26.0 Å². The summed E-state index contributed by atoms with van der Waals surface area (Å²) in [6.07, 6.45) is 2.23. The van der Waals surface area contributed by atoms with Gasteiger partial charge < -0.3 is 9.47 Å². The van der Waals surface area contributed by atoms with Gasteiger partial charge >= 0.3 is 5.97 Å². The molecule has 0 unspecified atom stereocenters. The van der Waals surface area contributed by atoms with Crippen molar-refractivity contribution in [3.63, 3.8) is 0 Å². The van der Waals surface area contributed by atoms with Crippen molar-refractivity contribution in [2.45, 2.75) is 33.4 Å². The van der Waals surface area contributed by atoms with Crippen LogP contribution in [-0.2, 0) is 27.4 Å². The number of ether oxygens (including phenoxy) is 2. The number of hydrogen-bond acceptors (Lipinski definition) is 5. The van der Waals surface area contributed by atoms with Crippen LogP contribution >= 0.6 is 0 Å². The molecular formula is C10H17N3O3. The Morgan fingerprint density at radius 3 is 2.88 bits per heavy atom. The third kappa shape index (κ3) is 4.39. The molecule has 6 heteroatoms. The summed E-state index contributed by atoms with van der Waals surface area (Å²) in [6.45, 7) is 5.60.